The van der Waals surface area contributed by atoms with Crippen LogP contribution in [-0.4, -0.2) is 0 Å². The number of para-hydroxylation sites is 2. The summed E-state index contributed by atoms with van der Waals surface area (Å²) in [4.78, 5) is 0. The largest absolute Gasteiger partial charge is 0.487 e. The second kappa shape index (κ2) is 9.78. The Morgan fingerprint density at radius 3 is 2.48 bits per heavy atom. The summed E-state index contributed by atoms with van der Waals surface area (Å²) in [7, 11) is 0. The van der Waals surface area contributed by atoms with Crippen LogP contribution in [0.4, 0.5) is 17.1 Å². The molecule has 0 fully saturated rings. The van der Waals surface area contributed by atoms with E-state index in [9.17, 15) is 0 Å². The monoisotopic (exact) mass is 478 g/mol. The van der Waals surface area contributed by atoms with E-state index in [1.165, 1.54) is 24.0 Å². The fourth-order valence-corrected chi connectivity index (χ4v) is 5.53. The van der Waals surface area contributed by atoms with Crippen LogP contribution in [0.25, 0.3) is 0 Å². The molecule has 3 aromatic carbocycles. The molecule has 2 unspecified atom stereocenters. The molecule has 0 saturated heterocycles. The number of halogens is 1. The van der Waals surface area contributed by atoms with Gasteiger partial charge in [-0.25, -0.2) is 0 Å². The second-order valence-electron chi connectivity index (χ2n) is 8.34. The topological polar surface area (TPSA) is 47.3 Å². The van der Waals surface area contributed by atoms with Crippen molar-refractivity contribution in [1.82, 2.24) is 0 Å². The van der Waals surface area contributed by atoms with Crippen LogP contribution in [0.5, 0.6) is 5.75 Å². The third-order valence-corrected chi connectivity index (χ3v) is 7.40. The van der Waals surface area contributed by atoms with Crippen LogP contribution < -0.4 is 15.8 Å². The van der Waals surface area contributed by atoms with E-state index in [0.29, 0.717) is 12.5 Å². The first kappa shape index (κ1) is 21.8. The highest BCUT2D eigenvalue weighted by atomic mass is 79.9. The minimum atomic E-state index is 0.527. The van der Waals surface area contributed by atoms with Crippen LogP contribution in [-0.2, 0) is 13.0 Å². The zero-order valence-electron chi connectivity index (χ0n) is 18.3. The van der Waals surface area contributed by atoms with Gasteiger partial charge in [0.15, 0.2) is 0 Å². The summed E-state index contributed by atoms with van der Waals surface area (Å²) in [6.45, 7) is 5.14. The van der Waals surface area contributed by atoms with E-state index in [-0.39, 0.29) is 0 Å². The molecule has 1 aliphatic carbocycles. The number of nitrogen functional groups attached to an aromatic ring is 1. The molecule has 3 nitrogen and oxygen atoms in total. The summed E-state index contributed by atoms with van der Waals surface area (Å²) in [5.74, 6) is 2.17. The Balaban J connectivity index is 1.77. The number of rotatable bonds is 7. The molecule has 162 valence electrons. The number of hydrogen-bond donors (Lipinski definition) is 2. The minimum absolute atomic E-state index is 0.527. The SMILES string of the molecule is CCC1CCc2c(cc(OCc3ccccc3)c(Nc3ccccc3N)c2Br)C1CC. The lowest BCUT2D eigenvalue weighted by Crippen LogP contribution is -2.21. The van der Waals surface area contributed by atoms with Gasteiger partial charge in [-0.1, -0.05) is 62.7 Å². The van der Waals surface area contributed by atoms with Gasteiger partial charge in [0.1, 0.15) is 12.4 Å². The predicted molar refractivity (Wildman–Crippen MR) is 134 cm³/mol. The van der Waals surface area contributed by atoms with Crippen molar-refractivity contribution in [2.24, 2.45) is 5.92 Å². The number of ether oxygens (including phenoxy) is 1. The van der Waals surface area contributed by atoms with Crippen LogP contribution in [0, 0.1) is 5.92 Å². The maximum atomic E-state index is 6.41. The molecule has 0 heterocycles. The Kier molecular flexibility index (Phi) is 6.86. The molecular formula is C27H31BrN2O. The molecule has 31 heavy (non-hydrogen) atoms. The molecule has 0 saturated carbocycles. The van der Waals surface area contributed by atoms with Crippen molar-refractivity contribution in [3.63, 3.8) is 0 Å². The van der Waals surface area contributed by atoms with Gasteiger partial charge < -0.3 is 15.8 Å². The van der Waals surface area contributed by atoms with Crippen molar-refractivity contribution in [3.05, 3.63) is 81.8 Å². The summed E-state index contributed by atoms with van der Waals surface area (Å²) >= 11 is 3.94. The number of fused-ring (bicyclic) bond motifs is 1. The van der Waals surface area contributed by atoms with Gasteiger partial charge in [-0.3, -0.25) is 0 Å². The molecule has 2 atom stereocenters. The molecule has 1 aliphatic rings. The Bertz CT molecular complexity index is 1030. The van der Waals surface area contributed by atoms with Gasteiger partial charge in [0.25, 0.3) is 0 Å². The lowest BCUT2D eigenvalue weighted by Gasteiger charge is -2.34. The number of nitrogens with one attached hydrogen (secondary N) is 1. The maximum absolute atomic E-state index is 6.41. The molecule has 0 spiro atoms. The van der Waals surface area contributed by atoms with E-state index >= 15 is 0 Å². The number of hydrogen-bond acceptors (Lipinski definition) is 3. The van der Waals surface area contributed by atoms with E-state index < -0.39 is 0 Å². The van der Waals surface area contributed by atoms with Crippen molar-refractivity contribution in [2.45, 2.75) is 52.1 Å². The first-order valence-corrected chi connectivity index (χ1v) is 12.0. The Morgan fingerprint density at radius 2 is 1.77 bits per heavy atom. The highest BCUT2D eigenvalue weighted by molar-refractivity contribution is 9.10. The summed E-state index contributed by atoms with van der Waals surface area (Å²) in [5, 5.41) is 3.56. The highest BCUT2D eigenvalue weighted by Crippen LogP contribution is 2.49. The number of anilines is 3. The van der Waals surface area contributed by atoms with E-state index in [1.807, 2.05) is 42.5 Å². The molecule has 0 amide bonds. The van der Waals surface area contributed by atoms with Crippen molar-refractivity contribution in [1.29, 1.82) is 0 Å². The summed E-state index contributed by atoms with van der Waals surface area (Å²) in [6, 6.07) is 20.5. The maximum Gasteiger partial charge on any atom is 0.144 e. The molecule has 3 aromatic rings. The van der Waals surface area contributed by atoms with Gasteiger partial charge in [0, 0.05) is 4.47 Å². The molecule has 4 rings (SSSR count). The van der Waals surface area contributed by atoms with Gasteiger partial charge in [0.2, 0.25) is 0 Å². The lowest BCUT2D eigenvalue weighted by atomic mass is 9.72. The Labute approximate surface area is 194 Å². The van der Waals surface area contributed by atoms with Gasteiger partial charge in [-0.15, -0.1) is 0 Å². The second-order valence-corrected chi connectivity index (χ2v) is 9.13. The summed E-state index contributed by atoms with van der Waals surface area (Å²) in [5.41, 5.74) is 12.8. The van der Waals surface area contributed by atoms with E-state index in [2.05, 4.69) is 53.3 Å². The predicted octanol–water partition coefficient (Wildman–Crippen LogP) is 7.82. The van der Waals surface area contributed by atoms with Crippen LogP contribution in [0.1, 0.15) is 55.7 Å². The van der Waals surface area contributed by atoms with Crippen molar-refractivity contribution >= 4 is 33.0 Å². The van der Waals surface area contributed by atoms with Crippen LogP contribution >= 0.6 is 15.9 Å². The van der Waals surface area contributed by atoms with Gasteiger partial charge >= 0.3 is 0 Å². The molecule has 0 aliphatic heterocycles. The number of benzene rings is 3. The first-order valence-electron chi connectivity index (χ1n) is 11.3. The molecule has 0 radical (unpaired) electrons. The molecule has 3 N–H and O–H groups in total. The Hall–Kier alpha value is -2.46. The Morgan fingerprint density at radius 1 is 1.03 bits per heavy atom. The normalized spacial score (nSPS) is 17.8. The average Bonchev–Trinajstić information content (AvgIpc) is 2.80. The summed E-state index contributed by atoms with van der Waals surface area (Å²) in [6.07, 6.45) is 4.69. The van der Waals surface area contributed by atoms with Crippen molar-refractivity contribution in [2.75, 3.05) is 11.1 Å². The zero-order chi connectivity index (χ0) is 21.8. The fraction of sp³-hybridized carbons (Fsp3) is 0.333. The highest BCUT2D eigenvalue weighted by Gasteiger charge is 2.31. The minimum Gasteiger partial charge on any atom is -0.487 e. The lowest BCUT2D eigenvalue weighted by molar-refractivity contribution is 0.304. The van der Waals surface area contributed by atoms with E-state index in [1.54, 1.807) is 0 Å². The zero-order valence-corrected chi connectivity index (χ0v) is 19.9. The van der Waals surface area contributed by atoms with E-state index in [0.717, 1.165) is 51.6 Å². The van der Waals surface area contributed by atoms with Crippen LogP contribution in [0.3, 0.4) is 0 Å². The van der Waals surface area contributed by atoms with Crippen molar-refractivity contribution in [3.8, 4) is 5.75 Å². The van der Waals surface area contributed by atoms with E-state index in [4.69, 9.17) is 10.5 Å². The first-order chi connectivity index (χ1) is 15.1. The smallest absolute Gasteiger partial charge is 0.144 e. The van der Waals surface area contributed by atoms with Gasteiger partial charge in [-0.05, 0) is 81.9 Å². The fourth-order valence-electron chi connectivity index (χ4n) is 4.81. The third kappa shape index (κ3) is 4.59. The standard InChI is InChI=1S/C27H31BrN2O/c1-3-19-14-15-21-22(20(19)4-2)16-25(31-17-18-10-6-5-7-11-18)27(26(21)28)30-24-13-9-8-12-23(24)29/h5-13,16,19-20,30H,3-4,14-15,17,29H2,1-2H3. The van der Waals surface area contributed by atoms with Crippen LogP contribution in [0.15, 0.2) is 65.1 Å². The molecule has 4 heteroatoms. The van der Waals surface area contributed by atoms with Crippen molar-refractivity contribution < 1.29 is 4.74 Å². The van der Waals surface area contributed by atoms with Gasteiger partial charge in [-0.2, -0.15) is 0 Å². The summed E-state index contributed by atoms with van der Waals surface area (Å²) < 4.78 is 7.51. The molecule has 0 bridgehead atoms. The molecular weight excluding hydrogens is 448 g/mol. The number of nitrogens with two attached hydrogens (primary N) is 1. The average molecular weight is 479 g/mol. The quantitative estimate of drug-likeness (QED) is 0.340. The third-order valence-electron chi connectivity index (χ3n) is 6.52. The van der Waals surface area contributed by atoms with Crippen LogP contribution in [0.2, 0.25) is 0 Å². The molecule has 0 aromatic heterocycles. The van der Waals surface area contributed by atoms with Gasteiger partial charge in [0.05, 0.1) is 17.1 Å².